The van der Waals surface area contributed by atoms with Crippen LogP contribution in [0, 0.1) is 23.1 Å². The molecule has 0 amide bonds. The lowest BCUT2D eigenvalue weighted by atomic mass is 10.1. The molecule has 1 fully saturated rings. The van der Waals surface area contributed by atoms with Gasteiger partial charge in [-0.15, -0.1) is 0 Å². The van der Waals surface area contributed by atoms with Crippen LogP contribution in [0.15, 0.2) is 18.2 Å². The van der Waals surface area contributed by atoms with Crippen molar-refractivity contribution in [3.63, 3.8) is 0 Å². The first kappa shape index (κ1) is 13.0. The van der Waals surface area contributed by atoms with E-state index in [-0.39, 0.29) is 5.82 Å². The Labute approximate surface area is 108 Å². The van der Waals surface area contributed by atoms with Crippen LogP contribution in [-0.4, -0.2) is 17.5 Å². The van der Waals surface area contributed by atoms with Crippen LogP contribution in [0.3, 0.4) is 0 Å². The molecule has 0 N–H and O–H groups in total. The maximum absolute atomic E-state index is 13.8. The van der Waals surface area contributed by atoms with E-state index in [0.717, 1.165) is 12.5 Å². The van der Waals surface area contributed by atoms with Gasteiger partial charge in [0.2, 0.25) is 0 Å². The molecular weight excluding hydrogens is 227 g/mol. The van der Waals surface area contributed by atoms with E-state index in [4.69, 9.17) is 5.26 Å². The molecule has 1 aromatic rings. The van der Waals surface area contributed by atoms with Gasteiger partial charge in [0.1, 0.15) is 5.82 Å². The summed E-state index contributed by atoms with van der Waals surface area (Å²) in [5.74, 6) is 0.532. The van der Waals surface area contributed by atoms with Crippen LogP contribution in [0.25, 0.3) is 0 Å². The summed E-state index contributed by atoms with van der Waals surface area (Å²) in [5.41, 5.74) is 1.07. The average Bonchev–Trinajstić information content (AvgIpc) is 3.14. The lowest BCUT2D eigenvalue weighted by molar-refractivity contribution is 0.201. The lowest BCUT2D eigenvalue weighted by Gasteiger charge is -2.26. The predicted molar refractivity (Wildman–Crippen MR) is 69.4 cm³/mol. The first-order valence-electron chi connectivity index (χ1n) is 6.52. The smallest absolute Gasteiger partial charge is 0.129 e. The number of hydrogen-bond donors (Lipinski definition) is 0. The fraction of sp³-hybridized carbons (Fsp3) is 0.533. The van der Waals surface area contributed by atoms with Crippen LogP contribution >= 0.6 is 0 Å². The number of hydrogen-bond acceptors (Lipinski definition) is 2. The highest BCUT2D eigenvalue weighted by atomic mass is 19.1. The molecule has 2 rings (SSSR count). The number of benzene rings is 1. The Hall–Kier alpha value is -1.40. The molecule has 0 bridgehead atoms. The third-order valence-electron chi connectivity index (χ3n) is 3.48. The fourth-order valence-corrected chi connectivity index (χ4v) is 2.05. The van der Waals surface area contributed by atoms with Crippen molar-refractivity contribution in [2.24, 2.45) is 5.92 Å². The molecule has 0 radical (unpaired) electrons. The third-order valence-corrected chi connectivity index (χ3v) is 3.48. The minimum absolute atomic E-state index is 0.268. The molecule has 0 unspecified atom stereocenters. The van der Waals surface area contributed by atoms with Gasteiger partial charge in [-0.1, -0.05) is 6.07 Å². The first-order valence-corrected chi connectivity index (χ1v) is 6.52. The average molecular weight is 246 g/mol. The second-order valence-corrected chi connectivity index (χ2v) is 5.38. The van der Waals surface area contributed by atoms with E-state index in [9.17, 15) is 4.39 Å². The molecule has 1 aliphatic rings. The van der Waals surface area contributed by atoms with Crippen LogP contribution in [0.1, 0.15) is 37.8 Å². The second kappa shape index (κ2) is 5.49. The normalized spacial score (nSPS) is 15.1. The molecule has 1 aromatic carbocycles. The van der Waals surface area contributed by atoms with Gasteiger partial charge in [0.25, 0.3) is 0 Å². The van der Waals surface area contributed by atoms with Crippen molar-refractivity contribution in [1.82, 2.24) is 4.90 Å². The van der Waals surface area contributed by atoms with Gasteiger partial charge in [0, 0.05) is 24.7 Å². The van der Waals surface area contributed by atoms with Gasteiger partial charge >= 0.3 is 0 Å². The molecule has 0 aromatic heterocycles. The van der Waals surface area contributed by atoms with E-state index in [2.05, 4.69) is 18.7 Å². The van der Waals surface area contributed by atoms with Gasteiger partial charge in [-0.25, -0.2) is 4.39 Å². The van der Waals surface area contributed by atoms with E-state index >= 15 is 0 Å². The number of rotatable bonds is 5. The highest BCUT2D eigenvalue weighted by Crippen LogP contribution is 2.31. The van der Waals surface area contributed by atoms with Gasteiger partial charge in [-0.2, -0.15) is 5.26 Å². The minimum Gasteiger partial charge on any atom is -0.296 e. The van der Waals surface area contributed by atoms with Crippen molar-refractivity contribution in [2.75, 3.05) is 6.54 Å². The quantitative estimate of drug-likeness (QED) is 0.797. The fourth-order valence-electron chi connectivity index (χ4n) is 2.05. The van der Waals surface area contributed by atoms with Crippen LogP contribution in [0.2, 0.25) is 0 Å². The Morgan fingerprint density at radius 1 is 1.44 bits per heavy atom. The molecule has 3 heteroatoms. The Balaban J connectivity index is 2.08. The van der Waals surface area contributed by atoms with Crippen molar-refractivity contribution in [1.29, 1.82) is 5.26 Å². The summed E-state index contributed by atoms with van der Waals surface area (Å²) in [6.45, 7) is 5.97. The topological polar surface area (TPSA) is 27.0 Å². The Kier molecular flexibility index (Phi) is 3.98. The molecule has 18 heavy (non-hydrogen) atoms. The minimum atomic E-state index is -0.268. The van der Waals surface area contributed by atoms with Gasteiger partial charge in [-0.05, 0) is 44.7 Å². The van der Waals surface area contributed by atoms with Crippen LogP contribution < -0.4 is 0 Å². The van der Waals surface area contributed by atoms with E-state index in [0.29, 0.717) is 23.7 Å². The Bertz CT molecular complexity index is 458. The molecule has 96 valence electrons. The maximum atomic E-state index is 13.8. The molecule has 2 nitrogen and oxygen atoms in total. The summed E-state index contributed by atoms with van der Waals surface area (Å²) in [6, 6.07) is 7.12. The summed E-state index contributed by atoms with van der Waals surface area (Å²) in [7, 11) is 0. The van der Waals surface area contributed by atoms with E-state index in [1.54, 1.807) is 12.1 Å². The lowest BCUT2D eigenvalue weighted by Crippen LogP contribution is -2.32. The van der Waals surface area contributed by atoms with E-state index < -0.39 is 0 Å². The Morgan fingerprint density at radius 2 is 2.17 bits per heavy atom. The monoisotopic (exact) mass is 246 g/mol. The van der Waals surface area contributed by atoms with Crippen LogP contribution in [0.4, 0.5) is 4.39 Å². The summed E-state index contributed by atoms with van der Waals surface area (Å²) < 4.78 is 13.8. The predicted octanol–water partition coefficient (Wildman–Crippen LogP) is 3.32. The van der Waals surface area contributed by atoms with Crippen molar-refractivity contribution in [2.45, 2.75) is 39.3 Å². The Morgan fingerprint density at radius 3 is 2.67 bits per heavy atom. The zero-order valence-electron chi connectivity index (χ0n) is 11.0. The van der Waals surface area contributed by atoms with Gasteiger partial charge < -0.3 is 0 Å². The summed E-state index contributed by atoms with van der Waals surface area (Å²) >= 11 is 0. The van der Waals surface area contributed by atoms with Crippen molar-refractivity contribution < 1.29 is 4.39 Å². The van der Waals surface area contributed by atoms with Gasteiger partial charge in [-0.3, -0.25) is 4.90 Å². The molecule has 0 aliphatic heterocycles. The van der Waals surface area contributed by atoms with E-state index in [1.807, 2.05) is 6.07 Å². The molecular formula is C15H19FN2. The van der Waals surface area contributed by atoms with Crippen molar-refractivity contribution in [3.8, 4) is 6.07 Å². The highest BCUT2D eigenvalue weighted by molar-refractivity contribution is 5.32. The van der Waals surface area contributed by atoms with Crippen molar-refractivity contribution >= 4 is 0 Å². The third kappa shape index (κ3) is 3.30. The summed E-state index contributed by atoms with van der Waals surface area (Å²) in [6.07, 6.45) is 2.61. The zero-order chi connectivity index (χ0) is 13.1. The summed E-state index contributed by atoms with van der Waals surface area (Å²) in [5, 5.41) is 8.72. The highest BCUT2D eigenvalue weighted by Gasteiger charge is 2.25. The van der Waals surface area contributed by atoms with Crippen LogP contribution in [-0.2, 0) is 6.54 Å². The SMILES string of the molecule is CC(C)N(Cc1ccc(C#N)cc1F)CC1CC1. The summed E-state index contributed by atoms with van der Waals surface area (Å²) in [4.78, 5) is 2.31. The van der Waals surface area contributed by atoms with Crippen molar-refractivity contribution in [3.05, 3.63) is 35.1 Å². The van der Waals surface area contributed by atoms with Gasteiger partial charge in [0.05, 0.1) is 11.6 Å². The van der Waals surface area contributed by atoms with Crippen LogP contribution in [0.5, 0.6) is 0 Å². The zero-order valence-corrected chi connectivity index (χ0v) is 11.0. The van der Waals surface area contributed by atoms with Gasteiger partial charge in [0.15, 0.2) is 0 Å². The number of halogens is 1. The number of nitriles is 1. The molecule has 0 atom stereocenters. The maximum Gasteiger partial charge on any atom is 0.129 e. The molecule has 0 spiro atoms. The number of nitrogens with zero attached hydrogens (tertiary/aromatic N) is 2. The molecule has 0 heterocycles. The molecule has 1 aliphatic carbocycles. The molecule has 0 saturated heterocycles. The molecule has 1 saturated carbocycles. The standard InChI is InChI=1S/C15H19FN2/c1-11(2)18(9-12-3-4-12)10-14-6-5-13(8-17)7-15(14)16/h5-7,11-12H,3-4,9-10H2,1-2H3. The van der Waals surface area contributed by atoms with E-state index in [1.165, 1.54) is 18.9 Å². The second-order valence-electron chi connectivity index (χ2n) is 5.38. The largest absolute Gasteiger partial charge is 0.296 e. The first-order chi connectivity index (χ1) is 8.60.